The first-order chi connectivity index (χ1) is 10.1. The lowest BCUT2D eigenvalue weighted by molar-refractivity contribution is 0.200. The fraction of sp³-hybridized carbons (Fsp3) is 0.571. The molecule has 0 unspecified atom stereocenters. The molecule has 7 heteroatoms. The first kappa shape index (κ1) is 16.2. The molecule has 3 N–H and O–H groups in total. The second-order valence-electron chi connectivity index (χ2n) is 5.05. The van der Waals surface area contributed by atoms with E-state index in [9.17, 15) is 8.42 Å². The molecular weight excluding hydrogens is 290 g/mol. The third-order valence-corrected chi connectivity index (χ3v) is 4.84. The van der Waals surface area contributed by atoms with Crippen LogP contribution in [-0.4, -0.2) is 33.1 Å². The van der Waals surface area contributed by atoms with E-state index in [1.54, 1.807) is 23.2 Å². The maximum atomic E-state index is 12.4. The van der Waals surface area contributed by atoms with Gasteiger partial charge in [-0.25, -0.2) is 13.4 Å². The Hall–Kier alpha value is -1.15. The summed E-state index contributed by atoms with van der Waals surface area (Å²) in [7, 11) is -3.56. The first-order valence-corrected chi connectivity index (χ1v) is 8.78. The number of nitrogens with two attached hydrogens (primary N) is 1. The van der Waals surface area contributed by atoms with Crippen molar-refractivity contribution in [2.45, 2.75) is 37.6 Å². The van der Waals surface area contributed by atoms with Crippen molar-refractivity contribution in [1.29, 1.82) is 0 Å². The van der Waals surface area contributed by atoms with Crippen molar-refractivity contribution in [3.8, 4) is 5.75 Å². The van der Waals surface area contributed by atoms with Crippen LogP contribution >= 0.6 is 0 Å². The van der Waals surface area contributed by atoms with Crippen LogP contribution in [0.15, 0.2) is 23.1 Å². The molecule has 1 heterocycles. The lowest BCUT2D eigenvalue weighted by atomic mass is 10.2. The monoisotopic (exact) mass is 313 g/mol. The zero-order valence-corrected chi connectivity index (χ0v) is 13.2. The summed E-state index contributed by atoms with van der Waals surface area (Å²) in [5.41, 5.74) is 6.36. The molecule has 1 fully saturated rings. The minimum atomic E-state index is -3.56. The van der Waals surface area contributed by atoms with Gasteiger partial charge < -0.3 is 10.5 Å². The molecule has 21 heavy (non-hydrogen) atoms. The van der Waals surface area contributed by atoms with E-state index in [-0.39, 0.29) is 11.4 Å². The van der Waals surface area contributed by atoms with Gasteiger partial charge in [0.15, 0.2) is 0 Å². The Kier molecular flexibility index (Phi) is 5.58. The molecular formula is C14H23N3O3S. The number of nitrogens with zero attached hydrogens (tertiary/aromatic N) is 1. The molecule has 0 bridgehead atoms. The van der Waals surface area contributed by atoms with Gasteiger partial charge in [-0.1, -0.05) is 6.42 Å². The van der Waals surface area contributed by atoms with Gasteiger partial charge in [0.25, 0.3) is 10.0 Å². The number of hydrogen-bond acceptors (Lipinski definition) is 5. The Balaban J connectivity index is 2.18. The number of piperidine rings is 1. The summed E-state index contributed by atoms with van der Waals surface area (Å²) < 4.78 is 30.2. The molecule has 0 atom stereocenters. The van der Waals surface area contributed by atoms with Gasteiger partial charge in [0, 0.05) is 25.2 Å². The van der Waals surface area contributed by atoms with Crippen LogP contribution < -0.4 is 15.3 Å². The van der Waals surface area contributed by atoms with Gasteiger partial charge in [0.1, 0.15) is 5.75 Å². The summed E-state index contributed by atoms with van der Waals surface area (Å²) in [6, 6.07) is 4.80. The number of rotatable bonds is 6. The average molecular weight is 313 g/mol. The highest BCUT2D eigenvalue weighted by Crippen LogP contribution is 2.22. The maximum absolute atomic E-state index is 12.4. The summed E-state index contributed by atoms with van der Waals surface area (Å²) in [5, 5.41) is 1.76. The van der Waals surface area contributed by atoms with Gasteiger partial charge in [-0.3, -0.25) is 0 Å². The van der Waals surface area contributed by atoms with Crippen LogP contribution in [-0.2, 0) is 16.6 Å². The van der Waals surface area contributed by atoms with E-state index in [0.29, 0.717) is 17.9 Å². The van der Waals surface area contributed by atoms with Crippen molar-refractivity contribution in [2.75, 3.05) is 19.7 Å². The second-order valence-corrected chi connectivity index (χ2v) is 6.71. The number of benzene rings is 1. The molecule has 1 saturated heterocycles. The zero-order chi connectivity index (χ0) is 15.3. The van der Waals surface area contributed by atoms with Crippen molar-refractivity contribution in [3.63, 3.8) is 0 Å². The Bertz CT molecular complexity index is 569. The van der Waals surface area contributed by atoms with Crippen LogP contribution in [0.3, 0.4) is 0 Å². The number of hydrogen-bond donors (Lipinski definition) is 2. The predicted octanol–water partition coefficient (Wildman–Crippen LogP) is 1.22. The van der Waals surface area contributed by atoms with Crippen LogP contribution in [0, 0.1) is 0 Å². The topological polar surface area (TPSA) is 84.7 Å². The number of ether oxygens (including phenoxy) is 1. The van der Waals surface area contributed by atoms with E-state index in [4.69, 9.17) is 10.5 Å². The largest absolute Gasteiger partial charge is 0.494 e. The number of nitrogens with one attached hydrogen (secondary N) is 1. The minimum Gasteiger partial charge on any atom is -0.494 e. The van der Waals surface area contributed by atoms with Crippen molar-refractivity contribution in [3.05, 3.63) is 23.8 Å². The van der Waals surface area contributed by atoms with Crippen molar-refractivity contribution >= 4 is 10.0 Å². The van der Waals surface area contributed by atoms with E-state index in [0.717, 1.165) is 32.4 Å². The Labute approximate surface area is 126 Å². The number of hydrazine groups is 1. The molecule has 1 aromatic carbocycles. The van der Waals surface area contributed by atoms with Gasteiger partial charge in [0.05, 0.1) is 11.5 Å². The van der Waals surface area contributed by atoms with E-state index < -0.39 is 10.0 Å². The highest BCUT2D eigenvalue weighted by atomic mass is 32.2. The summed E-state index contributed by atoms with van der Waals surface area (Å²) in [6.45, 7) is 4.14. The molecule has 0 aliphatic carbocycles. The normalized spacial score (nSPS) is 16.9. The molecule has 0 amide bonds. The fourth-order valence-electron chi connectivity index (χ4n) is 2.39. The van der Waals surface area contributed by atoms with Crippen LogP contribution in [0.5, 0.6) is 5.75 Å². The van der Waals surface area contributed by atoms with Crippen LogP contribution in [0.1, 0.15) is 31.7 Å². The highest BCUT2D eigenvalue weighted by molar-refractivity contribution is 7.89. The molecule has 0 saturated carbocycles. The van der Waals surface area contributed by atoms with Gasteiger partial charge in [-0.15, -0.1) is 4.83 Å². The van der Waals surface area contributed by atoms with Gasteiger partial charge in [0.2, 0.25) is 0 Å². The van der Waals surface area contributed by atoms with Crippen molar-refractivity contribution in [1.82, 2.24) is 9.84 Å². The Morgan fingerprint density at radius 3 is 2.62 bits per heavy atom. The Morgan fingerprint density at radius 2 is 2.00 bits per heavy atom. The molecule has 1 aliphatic rings. The van der Waals surface area contributed by atoms with Crippen LogP contribution in [0.2, 0.25) is 0 Å². The molecule has 0 aromatic heterocycles. The SMILES string of the molecule is CCOc1ccc(S(=O)(=O)NN2CCCCC2)cc1CN. The smallest absolute Gasteiger partial charge is 0.253 e. The van der Waals surface area contributed by atoms with E-state index in [1.807, 2.05) is 6.92 Å². The molecule has 2 rings (SSSR count). The molecule has 0 radical (unpaired) electrons. The minimum absolute atomic E-state index is 0.219. The third kappa shape index (κ3) is 4.16. The van der Waals surface area contributed by atoms with E-state index in [1.165, 1.54) is 0 Å². The van der Waals surface area contributed by atoms with Gasteiger partial charge in [-0.2, -0.15) is 0 Å². The van der Waals surface area contributed by atoms with Crippen molar-refractivity contribution in [2.24, 2.45) is 5.73 Å². The number of sulfonamides is 1. The van der Waals surface area contributed by atoms with E-state index in [2.05, 4.69) is 4.83 Å². The maximum Gasteiger partial charge on any atom is 0.253 e. The van der Waals surface area contributed by atoms with Gasteiger partial charge >= 0.3 is 0 Å². The predicted molar refractivity (Wildman–Crippen MR) is 81.2 cm³/mol. The lowest BCUT2D eigenvalue weighted by Gasteiger charge is -2.26. The molecule has 6 nitrogen and oxygen atoms in total. The third-order valence-electron chi connectivity index (χ3n) is 3.47. The Morgan fingerprint density at radius 1 is 1.29 bits per heavy atom. The van der Waals surface area contributed by atoms with E-state index >= 15 is 0 Å². The first-order valence-electron chi connectivity index (χ1n) is 7.30. The van der Waals surface area contributed by atoms with Crippen LogP contribution in [0.25, 0.3) is 0 Å². The second kappa shape index (κ2) is 7.22. The standard InChI is InChI=1S/C14H23N3O3S/c1-2-20-14-7-6-13(10-12(14)11-15)21(18,19)16-17-8-4-3-5-9-17/h6-7,10,16H,2-5,8-9,11,15H2,1H3. The van der Waals surface area contributed by atoms with Crippen LogP contribution in [0.4, 0.5) is 0 Å². The summed E-state index contributed by atoms with van der Waals surface area (Å²) in [5.74, 6) is 0.636. The summed E-state index contributed by atoms with van der Waals surface area (Å²) in [4.78, 5) is 2.86. The summed E-state index contributed by atoms with van der Waals surface area (Å²) >= 11 is 0. The fourth-order valence-corrected chi connectivity index (χ4v) is 3.56. The molecule has 118 valence electrons. The average Bonchev–Trinajstić information content (AvgIpc) is 2.48. The molecule has 1 aliphatic heterocycles. The highest BCUT2D eigenvalue weighted by Gasteiger charge is 2.21. The summed E-state index contributed by atoms with van der Waals surface area (Å²) in [6.07, 6.45) is 3.18. The zero-order valence-electron chi connectivity index (χ0n) is 12.3. The van der Waals surface area contributed by atoms with Gasteiger partial charge in [-0.05, 0) is 38.0 Å². The molecule has 1 aromatic rings. The quantitative estimate of drug-likeness (QED) is 0.825. The lowest BCUT2D eigenvalue weighted by Crippen LogP contribution is -2.44. The van der Waals surface area contributed by atoms with Crippen molar-refractivity contribution < 1.29 is 13.2 Å². The molecule has 0 spiro atoms.